The maximum atomic E-state index is 13.4. The highest BCUT2D eigenvalue weighted by Gasteiger charge is 2.77. The summed E-state index contributed by atoms with van der Waals surface area (Å²) >= 11 is 0. The van der Waals surface area contributed by atoms with E-state index in [1.807, 2.05) is 13.8 Å². The fraction of sp³-hybridized carbons (Fsp3) is 0.621. The quantitative estimate of drug-likeness (QED) is 0.544. The molecule has 0 saturated heterocycles. The van der Waals surface area contributed by atoms with Crippen molar-refractivity contribution >= 4 is 0 Å². The van der Waals surface area contributed by atoms with Crippen molar-refractivity contribution in [3.63, 3.8) is 0 Å². The molecule has 9 nitrogen and oxygen atoms in total. The molecule has 208 valence electrons. The number of fused-ring (bicyclic) bond motifs is 4. The molecule has 0 radical (unpaired) electrons. The van der Waals surface area contributed by atoms with Crippen molar-refractivity contribution in [2.45, 2.75) is 82.7 Å². The number of benzene rings is 1. The van der Waals surface area contributed by atoms with Crippen molar-refractivity contribution in [3.8, 4) is 34.3 Å². The van der Waals surface area contributed by atoms with E-state index in [0.717, 1.165) is 0 Å². The van der Waals surface area contributed by atoms with Crippen molar-refractivity contribution in [3.05, 3.63) is 34.2 Å². The second-order valence-electron chi connectivity index (χ2n) is 12.0. The van der Waals surface area contributed by atoms with E-state index in [9.17, 15) is 20.1 Å². The molecule has 38 heavy (non-hydrogen) atoms. The van der Waals surface area contributed by atoms with E-state index in [0.29, 0.717) is 54.2 Å². The lowest BCUT2D eigenvalue weighted by atomic mass is 9.39. The van der Waals surface area contributed by atoms with Gasteiger partial charge in [0.25, 0.3) is 0 Å². The van der Waals surface area contributed by atoms with Crippen molar-refractivity contribution in [1.82, 2.24) is 0 Å². The Morgan fingerprint density at radius 3 is 2.11 bits per heavy atom. The molecule has 5 rings (SSSR count). The fourth-order valence-corrected chi connectivity index (χ4v) is 7.48. The van der Waals surface area contributed by atoms with Crippen LogP contribution in [0.5, 0.6) is 23.0 Å². The normalized spacial score (nSPS) is 35.3. The van der Waals surface area contributed by atoms with Crippen molar-refractivity contribution in [2.75, 3.05) is 21.3 Å². The third kappa shape index (κ3) is 3.18. The zero-order chi connectivity index (χ0) is 27.9. The van der Waals surface area contributed by atoms with Gasteiger partial charge in [0.1, 0.15) is 22.7 Å². The van der Waals surface area contributed by atoms with Crippen LogP contribution in [0.2, 0.25) is 0 Å². The summed E-state index contributed by atoms with van der Waals surface area (Å²) in [6, 6.07) is 4.98. The Morgan fingerprint density at radius 2 is 1.53 bits per heavy atom. The van der Waals surface area contributed by atoms with Gasteiger partial charge in [0.15, 0.2) is 11.5 Å². The molecule has 2 heterocycles. The van der Waals surface area contributed by atoms with Gasteiger partial charge in [-0.1, -0.05) is 20.8 Å². The van der Waals surface area contributed by atoms with Crippen LogP contribution < -0.4 is 24.6 Å². The van der Waals surface area contributed by atoms with Gasteiger partial charge in [-0.3, -0.25) is 0 Å². The van der Waals surface area contributed by atoms with Crippen LogP contribution in [-0.4, -0.2) is 59.6 Å². The van der Waals surface area contributed by atoms with Crippen LogP contribution in [0.25, 0.3) is 11.3 Å². The van der Waals surface area contributed by atoms with Crippen LogP contribution >= 0.6 is 0 Å². The monoisotopic (exact) mass is 530 g/mol. The molecule has 3 N–H and O–H groups in total. The molecule has 0 amide bonds. The largest absolute Gasteiger partial charge is 0.493 e. The average Bonchev–Trinajstić information content (AvgIpc) is 2.88. The summed E-state index contributed by atoms with van der Waals surface area (Å²) in [7, 11) is 4.51. The molecule has 5 atom stereocenters. The van der Waals surface area contributed by atoms with Gasteiger partial charge >= 0.3 is 5.63 Å². The molecule has 9 heteroatoms. The average molecular weight is 531 g/mol. The van der Waals surface area contributed by atoms with Gasteiger partial charge < -0.3 is 38.7 Å². The summed E-state index contributed by atoms with van der Waals surface area (Å²) in [4.78, 5) is 13.4. The van der Waals surface area contributed by atoms with E-state index in [2.05, 4.69) is 0 Å². The van der Waals surface area contributed by atoms with Crippen LogP contribution in [0.4, 0.5) is 0 Å². The Morgan fingerprint density at radius 1 is 0.895 bits per heavy atom. The van der Waals surface area contributed by atoms with Gasteiger partial charge in [0, 0.05) is 18.1 Å². The number of aliphatic hydroxyl groups is 3. The predicted molar refractivity (Wildman–Crippen MR) is 139 cm³/mol. The lowest BCUT2D eigenvalue weighted by molar-refractivity contribution is -0.352. The smallest absolute Gasteiger partial charge is 0.343 e. The first-order valence-corrected chi connectivity index (χ1v) is 13.0. The van der Waals surface area contributed by atoms with E-state index in [1.54, 1.807) is 32.0 Å². The lowest BCUT2D eigenvalue weighted by Crippen LogP contribution is -2.83. The zero-order valence-corrected chi connectivity index (χ0v) is 23.1. The highest BCUT2D eigenvalue weighted by molar-refractivity contribution is 5.69. The Kier molecular flexibility index (Phi) is 5.91. The van der Waals surface area contributed by atoms with E-state index in [-0.39, 0.29) is 17.7 Å². The van der Waals surface area contributed by atoms with Gasteiger partial charge in [0.05, 0.1) is 44.0 Å². The molecule has 3 aliphatic rings. The standard InChI is InChI=1S/C29H38O9/c1-25(2)9-8-22(30)27(4)28(25,32)11-10-26(3)29(27,33)15-17-19(38-26)14-18(37-24(17)31)16-12-20(34-5)23(36-7)21(13-16)35-6/h12-14,22,30,32-33H,8-11,15H2,1-7H3/t22-,26+,27-,28+,29+/m0/s1. The second-order valence-corrected chi connectivity index (χ2v) is 12.0. The van der Waals surface area contributed by atoms with E-state index in [1.165, 1.54) is 21.3 Å². The highest BCUT2D eigenvalue weighted by Crippen LogP contribution is 2.68. The Labute approximate surface area is 222 Å². The molecular formula is C29H38O9. The SMILES string of the molecule is COc1cc(-c2cc3c(c(=O)o2)C[C@]2(O)[C@@]4(C)[C@@H](O)CCC(C)(C)[C@]4(O)CC[C@@]2(C)O3)cc(OC)c1OC. The molecule has 0 unspecified atom stereocenters. The van der Waals surface area contributed by atoms with E-state index in [4.69, 9.17) is 23.4 Å². The molecule has 0 spiro atoms. The van der Waals surface area contributed by atoms with Crippen LogP contribution in [0, 0.1) is 10.8 Å². The van der Waals surface area contributed by atoms with Crippen molar-refractivity contribution in [2.24, 2.45) is 10.8 Å². The molecule has 2 aromatic rings. The number of aliphatic hydroxyl groups excluding tert-OH is 1. The lowest BCUT2D eigenvalue weighted by Gasteiger charge is -2.71. The molecule has 1 aromatic heterocycles. The topological polar surface area (TPSA) is 128 Å². The summed E-state index contributed by atoms with van der Waals surface area (Å²) < 4.78 is 28.5. The maximum Gasteiger partial charge on any atom is 0.343 e. The first-order valence-electron chi connectivity index (χ1n) is 13.0. The van der Waals surface area contributed by atoms with Crippen LogP contribution in [-0.2, 0) is 6.42 Å². The third-order valence-electron chi connectivity index (χ3n) is 10.1. The minimum Gasteiger partial charge on any atom is -0.493 e. The third-order valence-corrected chi connectivity index (χ3v) is 10.1. The van der Waals surface area contributed by atoms with Gasteiger partial charge in [-0.25, -0.2) is 4.79 Å². The zero-order valence-electron chi connectivity index (χ0n) is 23.1. The van der Waals surface area contributed by atoms with Crippen LogP contribution in [0.1, 0.15) is 58.9 Å². The molecular weight excluding hydrogens is 492 g/mol. The fourth-order valence-electron chi connectivity index (χ4n) is 7.48. The number of hydrogen-bond acceptors (Lipinski definition) is 9. The summed E-state index contributed by atoms with van der Waals surface area (Å²) in [5.41, 5.74) is -6.17. The molecule has 1 aliphatic heterocycles. The van der Waals surface area contributed by atoms with Crippen LogP contribution in [0.3, 0.4) is 0 Å². The number of hydrogen-bond donors (Lipinski definition) is 3. The number of ether oxygens (including phenoxy) is 4. The Bertz CT molecular complexity index is 1310. The Hall–Kier alpha value is -2.75. The molecule has 2 saturated carbocycles. The van der Waals surface area contributed by atoms with Crippen molar-refractivity contribution in [1.29, 1.82) is 0 Å². The van der Waals surface area contributed by atoms with Gasteiger partial charge in [-0.2, -0.15) is 0 Å². The molecule has 2 fully saturated rings. The van der Waals surface area contributed by atoms with Gasteiger partial charge in [-0.15, -0.1) is 0 Å². The summed E-state index contributed by atoms with van der Waals surface area (Å²) in [5.74, 6) is 1.75. The first kappa shape index (κ1) is 26.8. The summed E-state index contributed by atoms with van der Waals surface area (Å²) in [6.07, 6.45) is 0.605. The van der Waals surface area contributed by atoms with Crippen molar-refractivity contribution < 1.29 is 38.7 Å². The summed E-state index contributed by atoms with van der Waals surface area (Å²) in [5, 5.41) is 35.9. The first-order chi connectivity index (χ1) is 17.7. The van der Waals surface area contributed by atoms with Crippen LogP contribution in [0.15, 0.2) is 27.4 Å². The molecule has 1 aromatic carbocycles. The minimum absolute atomic E-state index is 0.122. The van der Waals surface area contributed by atoms with Gasteiger partial charge in [0.2, 0.25) is 5.75 Å². The number of methoxy groups -OCH3 is 3. The molecule has 0 bridgehead atoms. The summed E-state index contributed by atoms with van der Waals surface area (Å²) in [6.45, 7) is 7.47. The van der Waals surface area contributed by atoms with E-state index >= 15 is 0 Å². The van der Waals surface area contributed by atoms with E-state index < -0.39 is 39.4 Å². The second kappa shape index (κ2) is 8.37. The predicted octanol–water partition coefficient (Wildman–Crippen LogP) is 3.47. The maximum absolute atomic E-state index is 13.4. The molecule has 2 aliphatic carbocycles. The highest BCUT2D eigenvalue weighted by atomic mass is 16.5. The minimum atomic E-state index is -1.74. The Balaban J connectivity index is 1.65. The van der Waals surface area contributed by atoms with Gasteiger partial charge in [-0.05, 0) is 50.2 Å². The number of rotatable bonds is 4.